The molecule has 35 heavy (non-hydrogen) atoms. The van der Waals surface area contributed by atoms with Crippen molar-refractivity contribution in [2.75, 3.05) is 6.54 Å². The molecule has 4 aliphatic rings. The summed E-state index contributed by atoms with van der Waals surface area (Å²) >= 11 is 0. The smallest absolute Gasteiger partial charge is 0.408 e. The molecule has 186 valence electrons. The third-order valence-corrected chi connectivity index (χ3v) is 8.23. The lowest BCUT2D eigenvalue weighted by Gasteiger charge is -2.57. The van der Waals surface area contributed by atoms with E-state index in [1.807, 2.05) is 36.4 Å². The van der Waals surface area contributed by atoms with E-state index in [4.69, 9.17) is 6.11 Å². The molecule has 2 aromatic rings. The van der Waals surface area contributed by atoms with Crippen molar-refractivity contribution in [1.29, 1.82) is 0 Å². The molecular formula is C28H35N3O4. The van der Waals surface area contributed by atoms with Crippen molar-refractivity contribution < 1.29 is 20.4 Å². The average Bonchev–Trinajstić information content (AvgIpc) is 2.83. The van der Waals surface area contributed by atoms with Crippen molar-refractivity contribution >= 4 is 12.0 Å². The molecule has 0 unspecified atom stereocenters. The molecule has 6 rings (SSSR count). The fraction of sp³-hybridized carbons (Fsp3) is 0.536. The SMILES string of the molecule is [2H]c1c(C2C3CC4CC2CC(C3)C4OC(=O)NC(C)(C)C(=O)NCCc2ccccc2)ccc[n+]1[O-]. The Hall–Kier alpha value is -3.09. The summed E-state index contributed by atoms with van der Waals surface area (Å²) in [4.78, 5) is 25.6. The molecule has 1 aromatic heterocycles. The summed E-state index contributed by atoms with van der Waals surface area (Å²) < 4.78 is 14.8. The Morgan fingerprint density at radius 2 is 1.71 bits per heavy atom. The maximum atomic E-state index is 12.8. The summed E-state index contributed by atoms with van der Waals surface area (Å²) in [5.41, 5.74) is 0.915. The van der Waals surface area contributed by atoms with Gasteiger partial charge in [-0.05, 0) is 87.2 Å². The molecule has 4 fully saturated rings. The van der Waals surface area contributed by atoms with Crippen LogP contribution in [-0.4, -0.2) is 30.2 Å². The van der Waals surface area contributed by atoms with E-state index in [1.54, 1.807) is 19.9 Å². The number of carbonyl (C=O) groups is 2. The highest BCUT2D eigenvalue weighted by atomic mass is 16.6. The van der Waals surface area contributed by atoms with Gasteiger partial charge in [0, 0.05) is 18.2 Å². The number of carbonyl (C=O) groups excluding carboxylic acids is 2. The van der Waals surface area contributed by atoms with Gasteiger partial charge in [0.05, 0.1) is 0 Å². The van der Waals surface area contributed by atoms with Crippen LogP contribution in [0.4, 0.5) is 4.79 Å². The number of benzene rings is 1. The zero-order valence-corrected chi connectivity index (χ0v) is 20.4. The van der Waals surface area contributed by atoms with Crippen LogP contribution in [0.3, 0.4) is 0 Å². The first-order valence-corrected chi connectivity index (χ1v) is 12.7. The largest absolute Gasteiger partial charge is 0.619 e. The molecule has 1 aromatic carbocycles. The van der Waals surface area contributed by atoms with Crippen molar-refractivity contribution in [3.05, 3.63) is 71.2 Å². The minimum atomic E-state index is -1.09. The van der Waals surface area contributed by atoms with Gasteiger partial charge < -0.3 is 20.6 Å². The second-order valence-corrected chi connectivity index (χ2v) is 11.0. The molecule has 1 heterocycles. The number of amides is 2. The van der Waals surface area contributed by atoms with Gasteiger partial charge in [0.15, 0.2) is 12.4 Å². The van der Waals surface area contributed by atoms with E-state index in [0.717, 1.165) is 43.2 Å². The number of pyridine rings is 1. The van der Waals surface area contributed by atoms with E-state index >= 15 is 0 Å². The molecular weight excluding hydrogens is 442 g/mol. The fourth-order valence-corrected chi connectivity index (χ4v) is 6.80. The van der Waals surface area contributed by atoms with Crippen molar-refractivity contribution in [3.8, 4) is 0 Å². The Morgan fingerprint density at radius 1 is 1.06 bits per heavy atom. The number of hydrogen-bond acceptors (Lipinski definition) is 4. The van der Waals surface area contributed by atoms with Gasteiger partial charge in [0.25, 0.3) is 0 Å². The lowest BCUT2D eigenvalue weighted by Crippen LogP contribution is -2.58. The maximum absolute atomic E-state index is 12.8. The first kappa shape index (κ1) is 22.4. The number of rotatable bonds is 7. The minimum Gasteiger partial charge on any atom is -0.619 e. The number of hydrogen-bond donors (Lipinski definition) is 2. The highest BCUT2D eigenvalue weighted by Gasteiger charge is 2.55. The number of alkyl carbamates (subject to hydrolysis) is 1. The van der Waals surface area contributed by atoms with Crippen LogP contribution < -0.4 is 15.4 Å². The van der Waals surface area contributed by atoms with Gasteiger partial charge in [0.1, 0.15) is 13.0 Å². The second kappa shape index (κ2) is 9.51. The Balaban J connectivity index is 1.15. The summed E-state index contributed by atoms with van der Waals surface area (Å²) in [7, 11) is 0. The summed E-state index contributed by atoms with van der Waals surface area (Å²) in [6, 6.07) is 13.6. The van der Waals surface area contributed by atoms with E-state index in [2.05, 4.69) is 10.6 Å². The van der Waals surface area contributed by atoms with Gasteiger partial charge in [0.2, 0.25) is 5.91 Å². The third-order valence-electron chi connectivity index (χ3n) is 8.23. The predicted molar refractivity (Wildman–Crippen MR) is 131 cm³/mol. The van der Waals surface area contributed by atoms with Gasteiger partial charge in [-0.25, -0.2) is 4.79 Å². The van der Waals surface area contributed by atoms with Crippen molar-refractivity contribution in [1.82, 2.24) is 10.6 Å². The zero-order valence-electron chi connectivity index (χ0n) is 21.4. The molecule has 0 atom stereocenters. The minimum absolute atomic E-state index is 0.0615. The van der Waals surface area contributed by atoms with Crippen LogP contribution in [0.25, 0.3) is 0 Å². The summed E-state index contributed by atoms with van der Waals surface area (Å²) in [5, 5.41) is 17.7. The van der Waals surface area contributed by atoms with Crippen LogP contribution in [0.2, 0.25) is 0 Å². The number of nitrogens with zero attached hydrogens (tertiary/aromatic N) is 1. The van der Waals surface area contributed by atoms with Crippen LogP contribution in [0.1, 0.15) is 57.9 Å². The van der Waals surface area contributed by atoms with E-state index in [9.17, 15) is 14.8 Å². The molecule has 0 saturated heterocycles. The van der Waals surface area contributed by atoms with Crippen molar-refractivity contribution in [3.63, 3.8) is 0 Å². The molecule has 4 saturated carbocycles. The fourth-order valence-electron chi connectivity index (χ4n) is 6.80. The summed E-state index contributed by atoms with van der Waals surface area (Å²) in [6.45, 7) is 3.87. The van der Waals surface area contributed by atoms with Gasteiger partial charge in [-0.2, -0.15) is 4.73 Å². The lowest BCUT2D eigenvalue weighted by atomic mass is 9.49. The van der Waals surface area contributed by atoms with Gasteiger partial charge >= 0.3 is 6.09 Å². The topological polar surface area (TPSA) is 94.4 Å². The molecule has 7 heteroatoms. The van der Waals surface area contributed by atoms with Crippen LogP contribution >= 0.6 is 0 Å². The van der Waals surface area contributed by atoms with E-state index in [-0.39, 0.29) is 35.9 Å². The number of aromatic nitrogens is 1. The highest BCUT2D eigenvalue weighted by Crippen LogP contribution is 2.60. The molecule has 2 N–H and O–H groups in total. The standard InChI is InChI=1S/C28H35N3O4/c1-28(2,26(32)29-11-10-18-7-4-3-5-8-18)30-27(33)35-25-22-13-20-14-23(25)16-21(15-22)24(20)19-9-6-12-31(34)17-19/h3-9,12,17,20-25H,10-11,13-16H2,1-2H3,(H,29,32)(H,30,33)/i17D. The van der Waals surface area contributed by atoms with Crippen molar-refractivity contribution in [2.45, 2.75) is 63.5 Å². The van der Waals surface area contributed by atoms with Gasteiger partial charge in [-0.3, -0.25) is 4.79 Å². The molecule has 4 bridgehead atoms. The average molecular weight is 479 g/mol. The van der Waals surface area contributed by atoms with Crippen LogP contribution in [0.5, 0.6) is 0 Å². The normalized spacial score (nSPS) is 29.4. The Morgan fingerprint density at radius 3 is 2.37 bits per heavy atom. The summed E-state index contributed by atoms with van der Waals surface area (Å²) in [6.07, 6.45) is 5.22. The Kier molecular flexibility index (Phi) is 6.08. The maximum Gasteiger partial charge on any atom is 0.408 e. The summed E-state index contributed by atoms with van der Waals surface area (Å²) in [5.74, 6) is 1.39. The molecule has 0 aliphatic heterocycles. The monoisotopic (exact) mass is 478 g/mol. The highest BCUT2D eigenvalue weighted by molar-refractivity contribution is 5.89. The van der Waals surface area contributed by atoms with Crippen molar-refractivity contribution in [2.24, 2.45) is 23.7 Å². The quantitative estimate of drug-likeness (QED) is 0.469. The molecule has 0 spiro atoms. The van der Waals surface area contributed by atoms with Crippen LogP contribution in [0.15, 0.2) is 54.8 Å². The van der Waals surface area contributed by atoms with E-state index < -0.39 is 11.6 Å². The molecule has 0 radical (unpaired) electrons. The predicted octanol–water partition coefficient (Wildman–Crippen LogP) is 3.70. The number of ether oxygens (including phenoxy) is 1. The first-order chi connectivity index (χ1) is 17.2. The van der Waals surface area contributed by atoms with E-state index in [1.165, 1.54) is 6.20 Å². The first-order valence-electron chi connectivity index (χ1n) is 13.2. The molecule has 4 aliphatic carbocycles. The van der Waals surface area contributed by atoms with Crippen LogP contribution in [0, 0.1) is 28.9 Å². The number of nitrogens with one attached hydrogen (secondary N) is 2. The third kappa shape index (κ3) is 5.00. The molecule has 7 nitrogen and oxygen atoms in total. The lowest BCUT2D eigenvalue weighted by molar-refractivity contribution is -0.606. The zero-order chi connectivity index (χ0) is 25.4. The molecule has 2 amide bonds. The van der Waals surface area contributed by atoms with E-state index in [0.29, 0.717) is 23.1 Å². The Labute approximate surface area is 208 Å². The van der Waals surface area contributed by atoms with Gasteiger partial charge in [-0.15, -0.1) is 0 Å². The second-order valence-electron chi connectivity index (χ2n) is 11.0. The van der Waals surface area contributed by atoms with Crippen LogP contribution in [-0.2, 0) is 16.0 Å². The van der Waals surface area contributed by atoms with Gasteiger partial charge in [-0.1, -0.05) is 30.3 Å². The Bertz CT molecular complexity index is 1090.